The van der Waals surface area contributed by atoms with Crippen molar-refractivity contribution in [2.75, 3.05) is 44.2 Å². The third-order valence-electron chi connectivity index (χ3n) is 9.59. The van der Waals surface area contributed by atoms with Crippen molar-refractivity contribution in [3.8, 4) is 17.1 Å². The number of hydrogen-bond donors (Lipinski definition) is 0. The zero-order valence-corrected chi connectivity index (χ0v) is 25.7. The van der Waals surface area contributed by atoms with Crippen LogP contribution in [-0.2, 0) is 4.79 Å². The molecule has 0 N–H and O–H groups in total. The smallest absolute Gasteiger partial charge is 0.319 e. The molecule has 3 saturated heterocycles. The quantitative estimate of drug-likeness (QED) is 0.224. The van der Waals surface area contributed by atoms with Crippen LogP contribution in [0.1, 0.15) is 26.2 Å². The maximum atomic E-state index is 16.1. The summed E-state index contributed by atoms with van der Waals surface area (Å²) < 4.78 is 51.4. The highest BCUT2D eigenvalue weighted by Crippen LogP contribution is 2.42. The number of aromatic nitrogens is 2. The number of anilines is 1. The number of carbonyl (C=O) groups is 1. The lowest BCUT2D eigenvalue weighted by atomic mass is 9.95. The number of fused-ring (bicyclic) bond motifs is 3. The van der Waals surface area contributed by atoms with Crippen LogP contribution in [0, 0.1) is 11.6 Å². The third kappa shape index (κ3) is 5.17. The number of nitrogens with zero attached hydrogens (tertiary/aromatic N) is 5. The molecule has 4 heterocycles. The Kier molecular flexibility index (Phi) is 7.60. The van der Waals surface area contributed by atoms with Crippen LogP contribution in [0.15, 0.2) is 55.1 Å². The molecule has 1 amide bonds. The van der Waals surface area contributed by atoms with Gasteiger partial charge in [-0.1, -0.05) is 42.4 Å². The summed E-state index contributed by atoms with van der Waals surface area (Å²) in [5, 5.41) is 1.47. The van der Waals surface area contributed by atoms with Crippen LogP contribution in [0.4, 0.5) is 19.0 Å². The Balaban J connectivity index is 1.34. The van der Waals surface area contributed by atoms with Crippen molar-refractivity contribution in [1.29, 1.82) is 0 Å². The Hall–Kier alpha value is -3.89. The molecule has 3 aliphatic heterocycles. The van der Waals surface area contributed by atoms with Gasteiger partial charge in [0.05, 0.1) is 16.1 Å². The lowest BCUT2D eigenvalue weighted by Gasteiger charge is -2.40. The molecule has 1 aromatic heterocycles. The monoisotopic (exact) mass is 635 g/mol. The van der Waals surface area contributed by atoms with Gasteiger partial charge in [-0.25, -0.2) is 13.2 Å². The molecule has 4 aromatic rings. The number of piperazine rings is 1. The predicted molar refractivity (Wildman–Crippen MR) is 170 cm³/mol. The molecule has 3 atom stereocenters. The van der Waals surface area contributed by atoms with Crippen LogP contribution >= 0.6 is 11.6 Å². The molecular formula is C34H33ClF3N5O2. The van der Waals surface area contributed by atoms with Crippen molar-refractivity contribution in [3.63, 3.8) is 0 Å². The lowest BCUT2D eigenvalue weighted by Crippen LogP contribution is -2.53. The fraction of sp³-hybridized carbons (Fsp3) is 0.382. The summed E-state index contributed by atoms with van der Waals surface area (Å²) in [4.78, 5) is 27.8. The van der Waals surface area contributed by atoms with Gasteiger partial charge in [-0.05, 0) is 61.5 Å². The number of halogens is 4. The highest BCUT2D eigenvalue weighted by Gasteiger charge is 2.49. The number of ether oxygens (including phenoxy) is 1. The number of benzene rings is 3. The number of alkyl halides is 1. The van der Waals surface area contributed by atoms with Gasteiger partial charge in [0.25, 0.3) is 0 Å². The summed E-state index contributed by atoms with van der Waals surface area (Å²) in [6.07, 6.45) is 2.60. The Morgan fingerprint density at radius 2 is 1.96 bits per heavy atom. The molecule has 3 aromatic carbocycles. The van der Waals surface area contributed by atoms with Crippen molar-refractivity contribution < 1.29 is 22.7 Å². The first-order valence-corrected chi connectivity index (χ1v) is 15.6. The molecule has 3 aliphatic rings. The van der Waals surface area contributed by atoms with E-state index in [1.165, 1.54) is 18.2 Å². The minimum Gasteiger partial charge on any atom is -0.461 e. The zero-order valence-electron chi connectivity index (χ0n) is 24.9. The summed E-state index contributed by atoms with van der Waals surface area (Å²) in [5.41, 5.74) is 0.675. The highest BCUT2D eigenvalue weighted by molar-refractivity contribution is 6.37. The van der Waals surface area contributed by atoms with Crippen LogP contribution in [-0.4, -0.2) is 82.8 Å². The summed E-state index contributed by atoms with van der Waals surface area (Å²) in [6, 6.07) is 11.1. The van der Waals surface area contributed by atoms with Crippen molar-refractivity contribution in [2.45, 2.75) is 43.9 Å². The SMILES string of the molecule is C=CC(=O)N1CCN(c2nc(OCC34CCCN3C[C@H](F)C4)nc3cc(-c4cccc5ccc(F)c(Cl)c45)c(F)cc23)[C@@H](C)C1. The fourth-order valence-electron chi connectivity index (χ4n) is 7.39. The number of rotatable bonds is 6. The van der Waals surface area contributed by atoms with Crippen molar-refractivity contribution in [2.24, 2.45) is 0 Å². The second-order valence-corrected chi connectivity index (χ2v) is 12.7. The Morgan fingerprint density at radius 1 is 1.11 bits per heavy atom. The molecule has 1 unspecified atom stereocenters. The lowest BCUT2D eigenvalue weighted by molar-refractivity contribution is -0.126. The summed E-state index contributed by atoms with van der Waals surface area (Å²) in [5.74, 6) is -0.801. The molecule has 234 valence electrons. The maximum absolute atomic E-state index is 16.1. The largest absolute Gasteiger partial charge is 0.461 e. The number of hydrogen-bond acceptors (Lipinski definition) is 6. The normalized spacial score (nSPS) is 23.6. The van der Waals surface area contributed by atoms with Gasteiger partial charge in [-0.15, -0.1) is 0 Å². The first kappa shape index (κ1) is 29.8. The van der Waals surface area contributed by atoms with Crippen molar-refractivity contribution in [1.82, 2.24) is 19.8 Å². The van der Waals surface area contributed by atoms with Gasteiger partial charge in [0.1, 0.15) is 30.2 Å². The Morgan fingerprint density at radius 3 is 2.76 bits per heavy atom. The molecule has 3 fully saturated rings. The van der Waals surface area contributed by atoms with Gasteiger partial charge in [0.15, 0.2) is 0 Å². The molecule has 0 spiro atoms. The predicted octanol–water partition coefficient (Wildman–Crippen LogP) is 6.56. The topological polar surface area (TPSA) is 61.8 Å². The molecule has 7 nitrogen and oxygen atoms in total. The molecule has 7 rings (SSSR count). The molecule has 0 radical (unpaired) electrons. The van der Waals surface area contributed by atoms with E-state index in [1.807, 2.05) is 11.8 Å². The molecule has 11 heteroatoms. The van der Waals surface area contributed by atoms with Crippen LogP contribution in [0.5, 0.6) is 6.01 Å². The fourth-order valence-corrected chi connectivity index (χ4v) is 7.66. The minimum absolute atomic E-state index is 0.0844. The van der Waals surface area contributed by atoms with Gasteiger partial charge in [0.2, 0.25) is 5.91 Å². The summed E-state index contributed by atoms with van der Waals surface area (Å²) in [6.45, 7) is 8.37. The first-order chi connectivity index (χ1) is 21.7. The average molecular weight is 636 g/mol. The van der Waals surface area contributed by atoms with Crippen molar-refractivity contribution >= 4 is 45.0 Å². The number of carbonyl (C=O) groups excluding carboxylic acids is 1. The van der Waals surface area contributed by atoms with Gasteiger partial charge in [-0.3, -0.25) is 9.69 Å². The maximum Gasteiger partial charge on any atom is 0.319 e. The van der Waals surface area contributed by atoms with E-state index in [1.54, 1.807) is 35.2 Å². The Bertz CT molecular complexity index is 1840. The van der Waals surface area contributed by atoms with E-state index in [0.717, 1.165) is 19.4 Å². The van der Waals surface area contributed by atoms with Gasteiger partial charge < -0.3 is 14.5 Å². The standard InChI is InChI=1S/C34H33ClF3N5O2/c1-3-29(44)41-12-13-43(20(2)17-41)32-25-14-27(38)24(23-7-4-6-21-8-9-26(37)31(35)30(21)23)15-28(25)39-33(40-32)45-19-34-10-5-11-42(34)18-22(36)16-34/h3-4,6-9,14-15,20,22H,1,5,10-13,16-19H2,2H3/t20-,22+,34?/m0/s1. The van der Waals surface area contributed by atoms with E-state index in [2.05, 4.69) is 11.5 Å². The third-order valence-corrected chi connectivity index (χ3v) is 9.96. The molecule has 0 aliphatic carbocycles. The molecule has 0 bridgehead atoms. The van der Waals surface area contributed by atoms with Gasteiger partial charge in [-0.2, -0.15) is 9.97 Å². The molecule has 0 saturated carbocycles. The van der Waals surface area contributed by atoms with E-state index in [-0.39, 0.29) is 35.2 Å². The minimum atomic E-state index is -0.903. The van der Waals surface area contributed by atoms with Crippen molar-refractivity contribution in [3.05, 3.63) is 71.8 Å². The molecular weight excluding hydrogens is 603 g/mol. The average Bonchev–Trinajstić information content (AvgIpc) is 3.56. The molecule has 45 heavy (non-hydrogen) atoms. The van der Waals surface area contributed by atoms with E-state index in [9.17, 15) is 13.6 Å². The number of amides is 1. The highest BCUT2D eigenvalue weighted by atomic mass is 35.5. The van der Waals surface area contributed by atoms with Crippen LogP contribution < -0.4 is 9.64 Å². The Labute approximate surface area is 264 Å². The summed E-state index contributed by atoms with van der Waals surface area (Å²) >= 11 is 6.41. The van der Waals surface area contributed by atoms with Gasteiger partial charge in [0, 0.05) is 55.0 Å². The van der Waals surface area contributed by atoms with E-state index in [4.69, 9.17) is 26.3 Å². The summed E-state index contributed by atoms with van der Waals surface area (Å²) in [7, 11) is 0. The van der Waals surface area contributed by atoms with Crippen LogP contribution in [0.2, 0.25) is 5.02 Å². The van der Waals surface area contributed by atoms with E-state index in [0.29, 0.717) is 65.7 Å². The second kappa shape index (κ2) is 11.5. The van der Waals surface area contributed by atoms with Crippen LogP contribution in [0.25, 0.3) is 32.8 Å². The van der Waals surface area contributed by atoms with Gasteiger partial charge >= 0.3 is 6.01 Å². The van der Waals surface area contributed by atoms with E-state index >= 15 is 4.39 Å². The van der Waals surface area contributed by atoms with E-state index < -0.39 is 23.3 Å². The zero-order chi connectivity index (χ0) is 31.5. The van der Waals surface area contributed by atoms with Crippen LogP contribution in [0.3, 0.4) is 0 Å². The second-order valence-electron chi connectivity index (χ2n) is 12.3. The first-order valence-electron chi connectivity index (χ1n) is 15.3.